The number of ether oxygens (including phenoxy) is 2. The number of hydrogen-bond donors (Lipinski definition) is 0. The Kier molecular flexibility index (Phi) is 7.49. The Hall–Kier alpha value is -3.37. The number of carbonyl (C=O) groups is 1. The molecule has 1 aromatic heterocycles. The maximum atomic E-state index is 13.1. The first-order valence-corrected chi connectivity index (χ1v) is 10.9. The summed E-state index contributed by atoms with van der Waals surface area (Å²) in [4.78, 5) is 14.1. The topological polar surface area (TPSA) is 95.3 Å². The van der Waals surface area contributed by atoms with Gasteiger partial charge in [-0.15, -0.1) is 0 Å². The number of hydrogen-bond acceptors (Lipinski definition) is 7. The first kappa shape index (κ1) is 23.3. The van der Waals surface area contributed by atoms with E-state index in [1.807, 2.05) is 0 Å². The summed E-state index contributed by atoms with van der Waals surface area (Å²) in [6, 6.07) is 12.1. The molecule has 0 unspecified atom stereocenters. The molecule has 0 fully saturated rings. The van der Waals surface area contributed by atoms with Gasteiger partial charge in [0.15, 0.2) is 17.3 Å². The fourth-order valence-corrected chi connectivity index (χ4v) is 3.81. The van der Waals surface area contributed by atoms with Gasteiger partial charge < -0.3 is 23.0 Å². The standard InChI is InChI=1S/C22H22FNO7S/c1-28-13-11-24(22(25)20-4-3-12-30-20)15-16-5-10-19(29-2)21(14-16)31-32(26,27)18-8-6-17(23)7-9-18/h3-10,12,14H,11,13,15H2,1-2H3. The lowest BCUT2D eigenvalue weighted by molar-refractivity contribution is 0.0649. The zero-order valence-electron chi connectivity index (χ0n) is 17.5. The van der Waals surface area contributed by atoms with Gasteiger partial charge in [0.1, 0.15) is 10.7 Å². The van der Waals surface area contributed by atoms with Crippen LogP contribution >= 0.6 is 0 Å². The number of methoxy groups -OCH3 is 2. The van der Waals surface area contributed by atoms with Gasteiger partial charge in [-0.3, -0.25) is 4.79 Å². The first-order chi connectivity index (χ1) is 15.3. The summed E-state index contributed by atoms with van der Waals surface area (Å²) in [6.45, 7) is 0.719. The largest absolute Gasteiger partial charge is 0.493 e. The Morgan fingerprint density at radius 3 is 2.44 bits per heavy atom. The van der Waals surface area contributed by atoms with E-state index in [4.69, 9.17) is 18.1 Å². The number of furan rings is 1. The molecule has 0 radical (unpaired) electrons. The van der Waals surface area contributed by atoms with Crippen molar-refractivity contribution in [1.82, 2.24) is 4.90 Å². The van der Waals surface area contributed by atoms with E-state index in [9.17, 15) is 17.6 Å². The summed E-state index contributed by atoms with van der Waals surface area (Å²) < 4.78 is 59.2. The zero-order valence-corrected chi connectivity index (χ0v) is 18.3. The van der Waals surface area contributed by atoms with E-state index in [0.717, 1.165) is 24.3 Å². The van der Waals surface area contributed by atoms with Crippen LogP contribution in [0.2, 0.25) is 0 Å². The molecule has 0 saturated heterocycles. The molecule has 0 bridgehead atoms. The van der Waals surface area contributed by atoms with Crippen LogP contribution in [0, 0.1) is 5.82 Å². The van der Waals surface area contributed by atoms with E-state index < -0.39 is 15.9 Å². The van der Waals surface area contributed by atoms with Crippen molar-refractivity contribution in [2.45, 2.75) is 11.4 Å². The van der Waals surface area contributed by atoms with Crippen LogP contribution in [0.3, 0.4) is 0 Å². The predicted octanol–water partition coefficient (Wildman–Crippen LogP) is 3.48. The molecule has 0 N–H and O–H groups in total. The number of rotatable bonds is 10. The lowest BCUT2D eigenvalue weighted by Crippen LogP contribution is -2.33. The van der Waals surface area contributed by atoms with Gasteiger partial charge in [0, 0.05) is 20.2 Å². The number of carbonyl (C=O) groups excluding carboxylic acids is 1. The Morgan fingerprint density at radius 2 is 1.81 bits per heavy atom. The van der Waals surface area contributed by atoms with Gasteiger partial charge >= 0.3 is 10.1 Å². The SMILES string of the molecule is COCCN(Cc1ccc(OC)c(OS(=O)(=O)c2ccc(F)cc2)c1)C(=O)c1ccco1. The van der Waals surface area contributed by atoms with Crippen LogP contribution in [0.25, 0.3) is 0 Å². The van der Waals surface area contributed by atoms with Gasteiger partial charge in [0.25, 0.3) is 5.91 Å². The Morgan fingerprint density at radius 1 is 1.06 bits per heavy atom. The van der Waals surface area contributed by atoms with Gasteiger partial charge in [0.05, 0.1) is 20.0 Å². The molecular weight excluding hydrogens is 441 g/mol. The van der Waals surface area contributed by atoms with Crippen molar-refractivity contribution in [3.8, 4) is 11.5 Å². The van der Waals surface area contributed by atoms with E-state index in [0.29, 0.717) is 12.2 Å². The summed E-state index contributed by atoms with van der Waals surface area (Å²) in [5.41, 5.74) is 0.589. The third-order valence-corrected chi connectivity index (χ3v) is 5.74. The molecule has 0 atom stereocenters. The van der Waals surface area contributed by atoms with Gasteiger partial charge in [-0.2, -0.15) is 8.42 Å². The summed E-state index contributed by atoms with van der Waals surface area (Å²) in [5, 5.41) is 0. The van der Waals surface area contributed by atoms with Crippen molar-refractivity contribution in [3.05, 3.63) is 78.0 Å². The second-order valence-electron chi connectivity index (χ2n) is 6.67. The average molecular weight is 463 g/mol. The molecular formula is C22H22FNO7S. The minimum absolute atomic E-state index is 0.0635. The minimum atomic E-state index is -4.24. The van der Waals surface area contributed by atoms with Crippen molar-refractivity contribution in [3.63, 3.8) is 0 Å². The highest BCUT2D eigenvalue weighted by Gasteiger charge is 2.22. The molecule has 0 aliphatic heterocycles. The van der Waals surface area contributed by atoms with Crippen LogP contribution in [-0.2, 0) is 21.4 Å². The molecule has 1 amide bonds. The predicted molar refractivity (Wildman–Crippen MR) is 113 cm³/mol. The summed E-state index contributed by atoms with van der Waals surface area (Å²) in [6.07, 6.45) is 1.40. The molecule has 3 aromatic rings. The summed E-state index contributed by atoms with van der Waals surface area (Å²) in [7, 11) is -1.34. The Labute approximate surface area is 185 Å². The van der Waals surface area contributed by atoms with Crippen LogP contribution in [-0.4, -0.2) is 46.6 Å². The van der Waals surface area contributed by atoms with E-state index in [1.165, 1.54) is 37.5 Å². The molecule has 0 aliphatic rings. The van der Waals surface area contributed by atoms with Crippen molar-refractivity contribution in [2.24, 2.45) is 0 Å². The van der Waals surface area contributed by atoms with Crippen molar-refractivity contribution in [2.75, 3.05) is 27.4 Å². The van der Waals surface area contributed by atoms with Crippen LogP contribution in [0.1, 0.15) is 16.1 Å². The number of nitrogens with zero attached hydrogens (tertiary/aromatic N) is 1. The molecule has 170 valence electrons. The fraction of sp³-hybridized carbons (Fsp3) is 0.227. The molecule has 2 aromatic carbocycles. The van der Waals surface area contributed by atoms with Crippen LogP contribution < -0.4 is 8.92 Å². The molecule has 32 heavy (non-hydrogen) atoms. The van der Waals surface area contributed by atoms with E-state index >= 15 is 0 Å². The number of benzene rings is 2. The highest BCUT2D eigenvalue weighted by Crippen LogP contribution is 2.31. The quantitative estimate of drug-likeness (QED) is 0.425. The second-order valence-corrected chi connectivity index (χ2v) is 8.22. The zero-order chi connectivity index (χ0) is 23.1. The van der Waals surface area contributed by atoms with E-state index in [-0.39, 0.29) is 41.2 Å². The normalized spacial score (nSPS) is 11.2. The van der Waals surface area contributed by atoms with Crippen molar-refractivity contribution >= 4 is 16.0 Å². The smallest absolute Gasteiger partial charge is 0.339 e. The lowest BCUT2D eigenvalue weighted by atomic mass is 10.2. The minimum Gasteiger partial charge on any atom is -0.493 e. The number of halogens is 1. The van der Waals surface area contributed by atoms with Gasteiger partial charge in [-0.05, 0) is 54.1 Å². The van der Waals surface area contributed by atoms with Crippen LogP contribution in [0.5, 0.6) is 11.5 Å². The highest BCUT2D eigenvalue weighted by atomic mass is 32.2. The molecule has 3 rings (SSSR count). The molecule has 0 aliphatic carbocycles. The molecule has 1 heterocycles. The van der Waals surface area contributed by atoms with Crippen molar-refractivity contribution in [1.29, 1.82) is 0 Å². The van der Waals surface area contributed by atoms with E-state index in [2.05, 4.69) is 0 Å². The van der Waals surface area contributed by atoms with Crippen LogP contribution in [0.15, 0.2) is 70.2 Å². The fourth-order valence-electron chi connectivity index (χ4n) is 2.88. The lowest BCUT2D eigenvalue weighted by Gasteiger charge is -2.22. The van der Waals surface area contributed by atoms with Gasteiger partial charge in [-0.1, -0.05) is 6.07 Å². The Balaban J connectivity index is 1.87. The van der Waals surface area contributed by atoms with E-state index in [1.54, 1.807) is 18.2 Å². The average Bonchev–Trinajstić information content (AvgIpc) is 3.31. The van der Waals surface area contributed by atoms with Gasteiger partial charge in [0.2, 0.25) is 0 Å². The van der Waals surface area contributed by atoms with Gasteiger partial charge in [-0.25, -0.2) is 4.39 Å². The third kappa shape index (κ3) is 5.65. The highest BCUT2D eigenvalue weighted by molar-refractivity contribution is 7.87. The number of amides is 1. The summed E-state index contributed by atoms with van der Waals surface area (Å²) >= 11 is 0. The third-order valence-electron chi connectivity index (χ3n) is 4.49. The molecule has 0 spiro atoms. The molecule has 8 nitrogen and oxygen atoms in total. The Bertz CT molecular complexity index is 1150. The first-order valence-electron chi connectivity index (χ1n) is 9.52. The molecule has 0 saturated carbocycles. The maximum Gasteiger partial charge on any atom is 0.339 e. The maximum absolute atomic E-state index is 13.1. The second kappa shape index (κ2) is 10.3. The van der Waals surface area contributed by atoms with Crippen molar-refractivity contribution < 1.29 is 35.7 Å². The van der Waals surface area contributed by atoms with Crippen LogP contribution in [0.4, 0.5) is 4.39 Å². The monoisotopic (exact) mass is 463 g/mol. The summed E-state index contributed by atoms with van der Waals surface area (Å²) in [5.74, 6) is -0.623. The molecule has 10 heteroatoms.